The van der Waals surface area contributed by atoms with Crippen molar-refractivity contribution in [1.82, 2.24) is 4.90 Å². The lowest BCUT2D eigenvalue weighted by molar-refractivity contribution is -0.137. The van der Waals surface area contributed by atoms with E-state index in [0.29, 0.717) is 13.0 Å². The summed E-state index contributed by atoms with van der Waals surface area (Å²) in [4.78, 5) is 13.8. The number of methoxy groups -OCH3 is 1. The summed E-state index contributed by atoms with van der Waals surface area (Å²) in [6, 6.07) is -0.556. The van der Waals surface area contributed by atoms with Crippen molar-refractivity contribution in [2.75, 3.05) is 20.8 Å². The van der Waals surface area contributed by atoms with Gasteiger partial charge >= 0.3 is 0 Å². The van der Waals surface area contributed by atoms with E-state index in [2.05, 4.69) is 0 Å². The zero-order chi connectivity index (χ0) is 13.5. The highest BCUT2D eigenvalue weighted by Crippen LogP contribution is 2.22. The topological polar surface area (TPSA) is 75.8 Å². The van der Waals surface area contributed by atoms with E-state index in [1.165, 1.54) is 0 Å². The molecule has 18 heavy (non-hydrogen) atoms. The molecule has 0 aliphatic heterocycles. The summed E-state index contributed by atoms with van der Waals surface area (Å²) < 4.78 is 4.95. The Morgan fingerprint density at radius 3 is 2.78 bits per heavy atom. The van der Waals surface area contributed by atoms with Crippen molar-refractivity contribution in [3.63, 3.8) is 0 Å². The number of aliphatic hydroxyl groups excluding tert-OH is 1. The molecule has 5 nitrogen and oxygen atoms in total. The molecule has 1 rings (SSSR count). The van der Waals surface area contributed by atoms with Crippen LogP contribution in [0.2, 0.25) is 0 Å². The molecule has 0 saturated heterocycles. The van der Waals surface area contributed by atoms with E-state index in [1.54, 1.807) is 19.1 Å². The standard InChI is InChI=1S/C13H26N2O3/c1-15(11-7-3-4-8-12(11)16)13(17)10(14)6-5-9-18-2/h10-12,16H,3-9,14H2,1-2H3. The molecule has 0 heterocycles. The summed E-state index contributed by atoms with van der Waals surface area (Å²) in [5, 5.41) is 9.93. The molecule has 1 aliphatic carbocycles. The van der Waals surface area contributed by atoms with E-state index in [0.717, 1.165) is 32.1 Å². The normalized spacial score (nSPS) is 25.8. The largest absolute Gasteiger partial charge is 0.391 e. The van der Waals surface area contributed by atoms with Gasteiger partial charge in [-0.15, -0.1) is 0 Å². The first-order valence-corrected chi connectivity index (χ1v) is 6.77. The minimum Gasteiger partial charge on any atom is -0.391 e. The number of hydrogen-bond donors (Lipinski definition) is 2. The van der Waals surface area contributed by atoms with Crippen LogP contribution in [0.5, 0.6) is 0 Å². The van der Waals surface area contributed by atoms with E-state index < -0.39 is 12.1 Å². The second kappa shape index (κ2) is 7.71. The first-order valence-electron chi connectivity index (χ1n) is 6.77. The molecule has 106 valence electrons. The third kappa shape index (κ3) is 4.23. The highest BCUT2D eigenvalue weighted by Gasteiger charge is 2.31. The van der Waals surface area contributed by atoms with Crippen LogP contribution in [0, 0.1) is 0 Å². The zero-order valence-corrected chi connectivity index (χ0v) is 11.5. The van der Waals surface area contributed by atoms with Gasteiger partial charge in [0.05, 0.1) is 18.2 Å². The molecular weight excluding hydrogens is 232 g/mol. The Labute approximate surface area is 109 Å². The molecule has 0 aromatic heterocycles. The van der Waals surface area contributed by atoms with Crippen LogP contribution in [0.3, 0.4) is 0 Å². The Kier molecular flexibility index (Phi) is 6.60. The molecule has 0 radical (unpaired) electrons. The minimum absolute atomic E-state index is 0.0697. The summed E-state index contributed by atoms with van der Waals surface area (Å²) in [6.45, 7) is 0.622. The van der Waals surface area contributed by atoms with E-state index >= 15 is 0 Å². The number of nitrogens with zero attached hydrogens (tertiary/aromatic N) is 1. The molecule has 3 N–H and O–H groups in total. The fourth-order valence-electron chi connectivity index (χ4n) is 2.54. The van der Waals surface area contributed by atoms with Gasteiger partial charge in [0.15, 0.2) is 0 Å². The van der Waals surface area contributed by atoms with Gasteiger partial charge in [-0.25, -0.2) is 0 Å². The molecule has 0 spiro atoms. The molecule has 1 aliphatic rings. The first kappa shape index (κ1) is 15.4. The van der Waals surface area contributed by atoms with E-state index in [9.17, 15) is 9.90 Å². The van der Waals surface area contributed by atoms with E-state index in [4.69, 9.17) is 10.5 Å². The van der Waals surface area contributed by atoms with Crippen LogP contribution in [-0.4, -0.2) is 54.9 Å². The average molecular weight is 258 g/mol. The summed E-state index contributed by atoms with van der Waals surface area (Å²) in [5.74, 6) is -0.0722. The van der Waals surface area contributed by atoms with Crippen LogP contribution in [-0.2, 0) is 9.53 Å². The lowest BCUT2D eigenvalue weighted by atomic mass is 9.91. The maximum atomic E-state index is 12.1. The SMILES string of the molecule is COCCCC(N)C(=O)N(C)C1CCCCC1O. The highest BCUT2D eigenvalue weighted by molar-refractivity contribution is 5.81. The van der Waals surface area contributed by atoms with Gasteiger partial charge in [0.1, 0.15) is 0 Å². The molecule has 0 aromatic rings. The summed E-state index contributed by atoms with van der Waals surface area (Å²) >= 11 is 0. The maximum absolute atomic E-state index is 12.1. The number of amides is 1. The number of likely N-dealkylation sites (N-methyl/N-ethyl adjacent to an activating group) is 1. The van der Waals surface area contributed by atoms with Crippen molar-refractivity contribution in [2.45, 2.75) is 56.7 Å². The van der Waals surface area contributed by atoms with Crippen molar-refractivity contribution in [2.24, 2.45) is 5.73 Å². The minimum atomic E-state index is -0.487. The van der Waals surface area contributed by atoms with Gasteiger partial charge < -0.3 is 20.5 Å². The molecule has 3 unspecified atom stereocenters. The Bertz CT molecular complexity index is 261. The van der Waals surface area contributed by atoms with Gasteiger partial charge in [0, 0.05) is 20.8 Å². The molecule has 0 bridgehead atoms. The molecule has 1 saturated carbocycles. The van der Waals surface area contributed by atoms with Gasteiger partial charge in [0.2, 0.25) is 5.91 Å². The Balaban J connectivity index is 2.43. The number of nitrogens with two attached hydrogens (primary N) is 1. The fraction of sp³-hybridized carbons (Fsp3) is 0.923. The highest BCUT2D eigenvalue weighted by atomic mass is 16.5. The number of hydrogen-bond acceptors (Lipinski definition) is 4. The molecule has 3 atom stereocenters. The Hall–Kier alpha value is -0.650. The third-order valence-electron chi connectivity index (χ3n) is 3.72. The van der Waals surface area contributed by atoms with Crippen LogP contribution in [0.15, 0.2) is 0 Å². The van der Waals surface area contributed by atoms with E-state index in [1.807, 2.05) is 0 Å². The van der Waals surface area contributed by atoms with Crippen LogP contribution >= 0.6 is 0 Å². The van der Waals surface area contributed by atoms with Crippen molar-refractivity contribution < 1.29 is 14.6 Å². The second-order valence-electron chi connectivity index (χ2n) is 5.11. The monoisotopic (exact) mass is 258 g/mol. The van der Waals surface area contributed by atoms with Crippen molar-refractivity contribution in [3.8, 4) is 0 Å². The molecule has 5 heteroatoms. The fourth-order valence-corrected chi connectivity index (χ4v) is 2.54. The smallest absolute Gasteiger partial charge is 0.239 e. The zero-order valence-electron chi connectivity index (χ0n) is 11.5. The molecular formula is C13H26N2O3. The number of ether oxygens (including phenoxy) is 1. The Morgan fingerprint density at radius 2 is 2.17 bits per heavy atom. The van der Waals surface area contributed by atoms with Gasteiger partial charge in [-0.1, -0.05) is 12.8 Å². The number of carbonyl (C=O) groups excluding carboxylic acids is 1. The summed E-state index contributed by atoms with van der Waals surface area (Å²) in [7, 11) is 3.38. The van der Waals surface area contributed by atoms with Crippen molar-refractivity contribution in [1.29, 1.82) is 0 Å². The number of aliphatic hydroxyl groups is 1. The predicted octanol–water partition coefficient (Wildman–Crippen LogP) is 0.502. The lowest BCUT2D eigenvalue weighted by Gasteiger charge is -2.36. The number of rotatable bonds is 6. The quantitative estimate of drug-likeness (QED) is 0.680. The van der Waals surface area contributed by atoms with Crippen molar-refractivity contribution in [3.05, 3.63) is 0 Å². The molecule has 1 fully saturated rings. The van der Waals surface area contributed by atoms with Crippen LogP contribution < -0.4 is 5.73 Å². The maximum Gasteiger partial charge on any atom is 0.239 e. The van der Waals surface area contributed by atoms with Gasteiger partial charge in [0.25, 0.3) is 0 Å². The third-order valence-corrected chi connectivity index (χ3v) is 3.72. The lowest BCUT2D eigenvalue weighted by Crippen LogP contribution is -2.51. The van der Waals surface area contributed by atoms with Gasteiger partial charge in [-0.3, -0.25) is 4.79 Å². The molecule has 1 amide bonds. The van der Waals surface area contributed by atoms with Crippen molar-refractivity contribution >= 4 is 5.91 Å². The van der Waals surface area contributed by atoms with E-state index in [-0.39, 0.29) is 11.9 Å². The van der Waals surface area contributed by atoms with Gasteiger partial charge in [-0.05, 0) is 25.7 Å². The molecule has 0 aromatic carbocycles. The summed E-state index contributed by atoms with van der Waals surface area (Å²) in [5.41, 5.74) is 5.88. The summed E-state index contributed by atoms with van der Waals surface area (Å²) in [6.07, 6.45) is 4.76. The van der Waals surface area contributed by atoms with Gasteiger partial charge in [-0.2, -0.15) is 0 Å². The van der Waals surface area contributed by atoms with Crippen LogP contribution in [0.4, 0.5) is 0 Å². The van der Waals surface area contributed by atoms with Crippen LogP contribution in [0.25, 0.3) is 0 Å². The average Bonchev–Trinajstić information content (AvgIpc) is 2.38. The van der Waals surface area contributed by atoms with Crippen LogP contribution in [0.1, 0.15) is 38.5 Å². The first-order chi connectivity index (χ1) is 8.57. The Morgan fingerprint density at radius 1 is 1.50 bits per heavy atom. The number of carbonyl (C=O) groups is 1. The second-order valence-corrected chi connectivity index (χ2v) is 5.11. The predicted molar refractivity (Wildman–Crippen MR) is 70.1 cm³/mol.